The molecule has 2 aromatic rings. The summed E-state index contributed by atoms with van der Waals surface area (Å²) in [6.07, 6.45) is 0.961. The molecule has 0 aliphatic carbocycles. The van der Waals surface area contributed by atoms with Gasteiger partial charge in [-0.05, 0) is 45.9 Å². The summed E-state index contributed by atoms with van der Waals surface area (Å²) in [5.74, 6) is -1.03. The van der Waals surface area contributed by atoms with Gasteiger partial charge in [0.1, 0.15) is 0 Å². The van der Waals surface area contributed by atoms with Crippen LogP contribution in [0.4, 0.5) is 11.4 Å². The number of carbonyl (C=O) groups excluding carboxylic acids is 2. The van der Waals surface area contributed by atoms with Crippen molar-refractivity contribution in [2.24, 2.45) is 0 Å². The fraction of sp³-hybridized carbons (Fsp3) is 0.200. The Labute approximate surface area is 134 Å². The Morgan fingerprint density at radius 2 is 2.14 bits per heavy atom. The first-order chi connectivity index (χ1) is 10.1. The highest BCUT2D eigenvalue weighted by Gasteiger charge is 2.29. The molecule has 4 nitrogen and oxygen atoms in total. The second-order valence-corrected chi connectivity index (χ2v) is 6.77. The molecule has 1 aromatic heterocycles. The van der Waals surface area contributed by atoms with E-state index in [0.717, 1.165) is 23.1 Å². The zero-order valence-corrected chi connectivity index (χ0v) is 13.8. The van der Waals surface area contributed by atoms with E-state index in [-0.39, 0.29) is 0 Å². The number of nitrogens with zero attached hydrogens (tertiary/aromatic N) is 1. The average Bonchev–Trinajstić information content (AvgIpc) is 3.06. The molecule has 1 amide bonds. The number of rotatable bonds is 4. The number of ketones is 1. The van der Waals surface area contributed by atoms with Gasteiger partial charge in [-0.25, -0.2) is 0 Å². The van der Waals surface area contributed by atoms with Crippen molar-refractivity contribution in [1.29, 1.82) is 0 Å². The SMILES string of the molecule is CN(CCc1cccs1)c1cc2c(cc1Br)C(=O)C(=O)N2. The van der Waals surface area contributed by atoms with Crippen LogP contribution in [0.2, 0.25) is 0 Å². The van der Waals surface area contributed by atoms with E-state index in [9.17, 15) is 9.59 Å². The van der Waals surface area contributed by atoms with E-state index < -0.39 is 11.7 Å². The summed E-state index contributed by atoms with van der Waals surface area (Å²) in [5, 5.41) is 4.68. The first-order valence-electron chi connectivity index (χ1n) is 6.49. The molecular formula is C15H13BrN2O2S. The Bertz CT molecular complexity index is 713. The Morgan fingerprint density at radius 1 is 1.33 bits per heavy atom. The molecule has 0 saturated heterocycles. The van der Waals surface area contributed by atoms with Gasteiger partial charge in [0.2, 0.25) is 0 Å². The average molecular weight is 365 g/mol. The minimum atomic E-state index is -0.560. The molecule has 0 bridgehead atoms. The zero-order valence-electron chi connectivity index (χ0n) is 11.4. The van der Waals surface area contributed by atoms with E-state index in [4.69, 9.17) is 0 Å². The highest BCUT2D eigenvalue weighted by Crippen LogP contribution is 2.34. The molecular weight excluding hydrogens is 352 g/mol. The maximum absolute atomic E-state index is 11.7. The standard InChI is InChI=1S/C15H13BrN2O2S/c1-18(5-4-9-3-2-6-21-9)13-8-12-10(7-11(13)16)14(19)15(20)17-12/h2-3,6-8H,4-5H2,1H3,(H,17,19,20). The first-order valence-corrected chi connectivity index (χ1v) is 8.16. The number of hydrogen-bond donors (Lipinski definition) is 1. The van der Waals surface area contributed by atoms with Gasteiger partial charge in [-0.1, -0.05) is 6.07 Å². The predicted octanol–water partition coefficient (Wildman–Crippen LogP) is 3.32. The van der Waals surface area contributed by atoms with E-state index in [1.807, 2.05) is 19.2 Å². The fourth-order valence-corrected chi connectivity index (χ4v) is 3.64. The highest BCUT2D eigenvalue weighted by atomic mass is 79.9. The van der Waals surface area contributed by atoms with Gasteiger partial charge in [-0.2, -0.15) is 0 Å². The Kier molecular flexibility index (Phi) is 3.82. The van der Waals surface area contributed by atoms with Crippen LogP contribution in [-0.4, -0.2) is 25.3 Å². The van der Waals surface area contributed by atoms with Crippen molar-refractivity contribution in [3.63, 3.8) is 0 Å². The number of halogens is 1. The van der Waals surface area contributed by atoms with Gasteiger partial charge in [-0.15, -0.1) is 11.3 Å². The van der Waals surface area contributed by atoms with Gasteiger partial charge in [0, 0.05) is 22.9 Å². The van der Waals surface area contributed by atoms with Gasteiger partial charge >= 0.3 is 0 Å². The molecule has 0 unspecified atom stereocenters. The zero-order chi connectivity index (χ0) is 15.0. The Hall–Kier alpha value is -1.66. The number of nitrogens with one attached hydrogen (secondary N) is 1. The van der Waals surface area contributed by atoms with E-state index in [1.165, 1.54) is 4.88 Å². The maximum Gasteiger partial charge on any atom is 0.296 e. The third-order valence-corrected chi connectivity index (χ3v) is 5.04. The van der Waals surface area contributed by atoms with Crippen LogP contribution in [0.5, 0.6) is 0 Å². The topological polar surface area (TPSA) is 49.4 Å². The number of Topliss-reactive ketones (excluding diaryl/α,β-unsaturated/α-hetero) is 1. The third-order valence-electron chi connectivity index (χ3n) is 3.47. The molecule has 21 heavy (non-hydrogen) atoms. The molecule has 3 rings (SSSR count). The van der Waals surface area contributed by atoms with Gasteiger partial charge < -0.3 is 10.2 Å². The molecule has 0 atom stereocenters. The first kappa shape index (κ1) is 14.3. The minimum Gasteiger partial charge on any atom is -0.373 e. The number of benzene rings is 1. The molecule has 108 valence electrons. The number of amides is 1. The van der Waals surface area contributed by atoms with Crippen molar-refractivity contribution in [2.75, 3.05) is 23.8 Å². The van der Waals surface area contributed by atoms with Crippen LogP contribution in [0, 0.1) is 0 Å². The minimum absolute atomic E-state index is 0.433. The van der Waals surface area contributed by atoms with Crippen molar-refractivity contribution in [3.05, 3.63) is 44.6 Å². The van der Waals surface area contributed by atoms with Gasteiger partial charge in [0.05, 0.1) is 16.9 Å². The molecule has 1 aliphatic heterocycles. The lowest BCUT2D eigenvalue weighted by atomic mass is 10.1. The lowest BCUT2D eigenvalue weighted by Crippen LogP contribution is -2.20. The van der Waals surface area contributed by atoms with Crippen molar-refractivity contribution >= 4 is 50.3 Å². The molecule has 1 aliphatic rings. The normalized spacial score (nSPS) is 13.2. The second-order valence-electron chi connectivity index (χ2n) is 4.88. The Morgan fingerprint density at radius 3 is 2.86 bits per heavy atom. The number of fused-ring (bicyclic) bond motifs is 1. The molecule has 0 radical (unpaired) electrons. The number of thiophene rings is 1. The summed E-state index contributed by atoms with van der Waals surface area (Å²) in [6, 6.07) is 7.73. The summed E-state index contributed by atoms with van der Waals surface area (Å²) in [4.78, 5) is 26.5. The predicted molar refractivity (Wildman–Crippen MR) is 88.4 cm³/mol. The van der Waals surface area contributed by atoms with Gasteiger partial charge in [0.15, 0.2) is 0 Å². The quantitative estimate of drug-likeness (QED) is 0.846. The molecule has 1 aromatic carbocycles. The molecule has 0 spiro atoms. The summed E-state index contributed by atoms with van der Waals surface area (Å²) < 4.78 is 0.819. The third kappa shape index (κ3) is 2.73. The molecule has 6 heteroatoms. The van der Waals surface area contributed by atoms with Crippen LogP contribution in [0.25, 0.3) is 0 Å². The van der Waals surface area contributed by atoms with Crippen LogP contribution >= 0.6 is 27.3 Å². The second kappa shape index (κ2) is 5.61. The fourth-order valence-electron chi connectivity index (χ4n) is 2.30. The lowest BCUT2D eigenvalue weighted by molar-refractivity contribution is -0.112. The van der Waals surface area contributed by atoms with Crippen molar-refractivity contribution < 1.29 is 9.59 Å². The smallest absolute Gasteiger partial charge is 0.296 e. The van der Waals surface area contributed by atoms with Crippen LogP contribution in [0.15, 0.2) is 34.1 Å². The molecule has 1 N–H and O–H groups in total. The number of likely N-dealkylation sites (N-methyl/N-ethyl adjacent to an activating group) is 1. The molecule has 0 fully saturated rings. The highest BCUT2D eigenvalue weighted by molar-refractivity contribution is 9.10. The van der Waals surface area contributed by atoms with E-state index in [1.54, 1.807) is 17.4 Å². The Balaban J connectivity index is 1.81. The van der Waals surface area contributed by atoms with E-state index >= 15 is 0 Å². The largest absolute Gasteiger partial charge is 0.373 e. The summed E-state index contributed by atoms with van der Waals surface area (Å²) >= 11 is 5.23. The summed E-state index contributed by atoms with van der Waals surface area (Å²) in [5.41, 5.74) is 1.98. The van der Waals surface area contributed by atoms with Crippen LogP contribution < -0.4 is 10.2 Å². The van der Waals surface area contributed by atoms with Crippen LogP contribution in [0.3, 0.4) is 0 Å². The van der Waals surface area contributed by atoms with Gasteiger partial charge in [-0.3, -0.25) is 9.59 Å². The van der Waals surface area contributed by atoms with Crippen molar-refractivity contribution in [1.82, 2.24) is 0 Å². The lowest BCUT2D eigenvalue weighted by Gasteiger charge is -2.21. The molecule has 0 saturated carbocycles. The van der Waals surface area contributed by atoms with Crippen molar-refractivity contribution in [2.45, 2.75) is 6.42 Å². The maximum atomic E-state index is 11.7. The van der Waals surface area contributed by atoms with E-state index in [0.29, 0.717) is 11.3 Å². The van der Waals surface area contributed by atoms with Gasteiger partial charge in [0.25, 0.3) is 11.7 Å². The number of hydrogen-bond acceptors (Lipinski definition) is 4. The number of anilines is 2. The summed E-state index contributed by atoms with van der Waals surface area (Å²) in [6.45, 7) is 0.861. The van der Waals surface area contributed by atoms with E-state index in [2.05, 4.69) is 37.6 Å². The van der Waals surface area contributed by atoms with Crippen molar-refractivity contribution in [3.8, 4) is 0 Å². The molecule has 2 heterocycles. The summed E-state index contributed by atoms with van der Waals surface area (Å²) in [7, 11) is 2.00. The van der Waals surface area contributed by atoms with Crippen LogP contribution in [-0.2, 0) is 11.2 Å². The van der Waals surface area contributed by atoms with Crippen LogP contribution in [0.1, 0.15) is 15.2 Å². The monoisotopic (exact) mass is 364 g/mol. The number of carbonyl (C=O) groups is 2.